The van der Waals surface area contributed by atoms with E-state index >= 15 is 0 Å². The van der Waals surface area contributed by atoms with Crippen LogP contribution in [0.3, 0.4) is 0 Å². The van der Waals surface area contributed by atoms with Gasteiger partial charge in [-0.15, -0.1) is 0 Å². The van der Waals surface area contributed by atoms with Gasteiger partial charge in [-0.25, -0.2) is 4.79 Å². The van der Waals surface area contributed by atoms with E-state index in [1.165, 1.54) is 5.56 Å². The third kappa shape index (κ3) is 7.42. The van der Waals surface area contributed by atoms with Gasteiger partial charge in [0.1, 0.15) is 6.54 Å². The molecular formula is C20H26ClN3O. The predicted octanol–water partition coefficient (Wildman–Crippen LogP) is 0.645. The van der Waals surface area contributed by atoms with E-state index in [1.54, 1.807) is 0 Å². The number of amides is 2. The van der Waals surface area contributed by atoms with Crippen LogP contribution in [0.5, 0.6) is 0 Å². The lowest BCUT2D eigenvalue weighted by Gasteiger charge is -2.33. The number of carbonyl (C=O) groups excluding carboxylic acids is 1. The van der Waals surface area contributed by atoms with Gasteiger partial charge >= 0.3 is 6.03 Å². The molecule has 25 heavy (non-hydrogen) atoms. The van der Waals surface area contributed by atoms with Crippen molar-refractivity contribution < 1.29 is 21.7 Å². The maximum Gasteiger partial charge on any atom is 0.319 e. The number of benzene rings is 2. The van der Waals surface area contributed by atoms with Crippen LogP contribution in [0.4, 0.5) is 10.5 Å². The van der Waals surface area contributed by atoms with Gasteiger partial charge in [0.2, 0.25) is 0 Å². The van der Waals surface area contributed by atoms with Crippen molar-refractivity contribution in [3.63, 3.8) is 0 Å². The summed E-state index contributed by atoms with van der Waals surface area (Å²) in [5, 5.41) is 5.76. The summed E-state index contributed by atoms with van der Waals surface area (Å²) < 4.78 is 0.805. The second-order valence-corrected chi connectivity index (χ2v) is 6.20. The van der Waals surface area contributed by atoms with Crippen molar-refractivity contribution in [1.82, 2.24) is 5.32 Å². The molecule has 2 aromatic rings. The highest BCUT2D eigenvalue weighted by molar-refractivity contribution is 5.89. The summed E-state index contributed by atoms with van der Waals surface area (Å²) in [5.41, 5.74) is 2.08. The Labute approximate surface area is 156 Å². The average molecular weight is 360 g/mol. The van der Waals surface area contributed by atoms with Gasteiger partial charge in [-0.1, -0.05) is 55.1 Å². The van der Waals surface area contributed by atoms with Crippen molar-refractivity contribution >= 4 is 11.7 Å². The normalized spacial score (nSPS) is 12.4. The highest BCUT2D eigenvalue weighted by atomic mass is 35.5. The molecule has 0 bridgehead atoms. The van der Waals surface area contributed by atoms with Gasteiger partial charge in [-0.3, -0.25) is 0 Å². The number of hydrogen-bond acceptors (Lipinski definition) is 1. The molecule has 4 nitrogen and oxygen atoms in total. The van der Waals surface area contributed by atoms with Crippen molar-refractivity contribution in [1.29, 1.82) is 0 Å². The van der Waals surface area contributed by atoms with Crippen molar-refractivity contribution in [3.05, 3.63) is 78.9 Å². The Bertz CT molecular complexity index is 649. The standard InChI is InChI=1S/C20H25N3O.ClH/c1-3-15-23(2,17-18-10-6-4-7-11-18)16-14-21-20(24)22-19-12-8-5-9-13-19;/h3-13H,1,14-17H2,2H3,(H-,21,22,24);1H. The van der Waals surface area contributed by atoms with Crippen molar-refractivity contribution in [3.8, 4) is 0 Å². The smallest absolute Gasteiger partial charge is 0.319 e. The van der Waals surface area contributed by atoms with Gasteiger partial charge < -0.3 is 27.5 Å². The molecule has 0 aliphatic carbocycles. The summed E-state index contributed by atoms with van der Waals surface area (Å²) >= 11 is 0. The molecule has 0 heterocycles. The van der Waals surface area contributed by atoms with Crippen molar-refractivity contribution in [2.45, 2.75) is 6.54 Å². The molecule has 134 valence electrons. The van der Waals surface area contributed by atoms with Gasteiger partial charge in [-0.05, 0) is 18.2 Å². The zero-order valence-corrected chi connectivity index (χ0v) is 15.4. The number of likely N-dealkylation sites (N-methyl/N-ethyl adjacent to an activating group) is 1. The van der Waals surface area contributed by atoms with Gasteiger partial charge in [0.15, 0.2) is 0 Å². The fourth-order valence-electron chi connectivity index (χ4n) is 2.71. The Morgan fingerprint density at radius 1 is 1.08 bits per heavy atom. The number of nitrogens with one attached hydrogen (secondary N) is 2. The number of halogens is 1. The quantitative estimate of drug-likeness (QED) is 0.527. The topological polar surface area (TPSA) is 41.1 Å². The number of quaternary nitrogens is 1. The molecule has 1 unspecified atom stereocenters. The first-order valence-electron chi connectivity index (χ1n) is 8.19. The summed E-state index contributed by atoms with van der Waals surface area (Å²) in [6.45, 7) is 7.08. The van der Waals surface area contributed by atoms with Crippen LogP contribution in [0.2, 0.25) is 0 Å². The molecule has 1 atom stereocenters. The first kappa shape index (κ1) is 20.7. The number of anilines is 1. The Morgan fingerprint density at radius 3 is 2.28 bits per heavy atom. The zero-order chi connectivity index (χ0) is 17.3. The highest BCUT2D eigenvalue weighted by Crippen LogP contribution is 2.11. The van der Waals surface area contributed by atoms with Crippen LogP contribution in [0.1, 0.15) is 5.56 Å². The number of urea groups is 1. The summed E-state index contributed by atoms with van der Waals surface area (Å²) in [4.78, 5) is 12.0. The Hall–Kier alpha value is -2.30. The van der Waals surface area contributed by atoms with E-state index < -0.39 is 0 Å². The van der Waals surface area contributed by atoms with E-state index in [0.29, 0.717) is 6.54 Å². The first-order valence-corrected chi connectivity index (χ1v) is 8.19. The van der Waals surface area contributed by atoms with Crippen LogP contribution in [0.15, 0.2) is 73.3 Å². The van der Waals surface area contributed by atoms with E-state index in [4.69, 9.17) is 0 Å². The van der Waals surface area contributed by atoms with Gasteiger partial charge in [0, 0.05) is 11.3 Å². The molecular weight excluding hydrogens is 334 g/mol. The molecule has 0 saturated carbocycles. The van der Waals surface area contributed by atoms with Crippen LogP contribution in [0, 0.1) is 0 Å². The summed E-state index contributed by atoms with van der Waals surface area (Å²) in [6, 6.07) is 19.7. The minimum Gasteiger partial charge on any atom is -1.00 e. The predicted molar refractivity (Wildman–Crippen MR) is 99.7 cm³/mol. The molecule has 2 N–H and O–H groups in total. The van der Waals surface area contributed by atoms with Crippen LogP contribution >= 0.6 is 0 Å². The molecule has 0 aromatic heterocycles. The lowest BCUT2D eigenvalue weighted by Crippen LogP contribution is -3.00. The second-order valence-electron chi connectivity index (χ2n) is 6.20. The van der Waals surface area contributed by atoms with Gasteiger partial charge in [0.05, 0.1) is 26.7 Å². The lowest BCUT2D eigenvalue weighted by molar-refractivity contribution is -0.915. The number of nitrogens with zero attached hydrogens (tertiary/aromatic N) is 1. The molecule has 2 amide bonds. The molecule has 5 heteroatoms. The third-order valence-corrected chi connectivity index (χ3v) is 3.95. The molecule has 0 fully saturated rings. The number of carbonyl (C=O) groups is 1. The number of para-hydroxylation sites is 1. The van der Waals surface area contributed by atoms with Gasteiger partial charge in [-0.2, -0.15) is 0 Å². The Kier molecular flexibility index (Phi) is 8.75. The minimum absolute atomic E-state index is 0. The third-order valence-electron chi connectivity index (χ3n) is 3.95. The van der Waals surface area contributed by atoms with Crippen molar-refractivity contribution in [2.75, 3.05) is 32.0 Å². The maximum atomic E-state index is 12.0. The molecule has 0 radical (unpaired) electrons. The molecule has 2 rings (SSSR count). The molecule has 0 spiro atoms. The summed E-state index contributed by atoms with van der Waals surface area (Å²) in [6.07, 6.45) is 1.94. The fraction of sp³-hybridized carbons (Fsp3) is 0.250. The molecule has 0 saturated heterocycles. The van der Waals surface area contributed by atoms with E-state index in [9.17, 15) is 4.79 Å². The second kappa shape index (κ2) is 10.5. The molecule has 0 aliphatic rings. The Morgan fingerprint density at radius 2 is 1.68 bits per heavy atom. The molecule has 0 aliphatic heterocycles. The van der Waals surface area contributed by atoms with Crippen LogP contribution < -0.4 is 23.0 Å². The summed E-state index contributed by atoms with van der Waals surface area (Å²) in [7, 11) is 2.19. The monoisotopic (exact) mass is 359 g/mol. The van der Waals surface area contributed by atoms with E-state index in [0.717, 1.165) is 29.8 Å². The lowest BCUT2D eigenvalue weighted by atomic mass is 10.2. The van der Waals surface area contributed by atoms with Crippen molar-refractivity contribution in [2.24, 2.45) is 0 Å². The summed E-state index contributed by atoms with van der Waals surface area (Å²) in [5.74, 6) is 0. The van der Waals surface area contributed by atoms with E-state index in [2.05, 4.69) is 48.5 Å². The fourth-order valence-corrected chi connectivity index (χ4v) is 2.71. The highest BCUT2D eigenvalue weighted by Gasteiger charge is 2.20. The SMILES string of the molecule is C=CC[N+](C)(CCNC(=O)Nc1ccccc1)Cc1ccccc1.[Cl-]. The van der Waals surface area contributed by atoms with E-state index in [-0.39, 0.29) is 18.4 Å². The van der Waals surface area contributed by atoms with Gasteiger partial charge in [0.25, 0.3) is 0 Å². The first-order chi connectivity index (χ1) is 11.6. The average Bonchev–Trinajstić information content (AvgIpc) is 2.56. The molecule has 2 aromatic carbocycles. The number of rotatable bonds is 8. The van der Waals surface area contributed by atoms with Crippen LogP contribution in [0.25, 0.3) is 0 Å². The maximum absolute atomic E-state index is 12.0. The van der Waals surface area contributed by atoms with E-state index in [1.807, 2.05) is 42.5 Å². The van der Waals surface area contributed by atoms with Crippen LogP contribution in [-0.2, 0) is 6.54 Å². The Balaban J connectivity index is 0.00000312. The van der Waals surface area contributed by atoms with Crippen LogP contribution in [-0.4, -0.2) is 37.2 Å². The number of hydrogen-bond donors (Lipinski definition) is 2. The minimum atomic E-state index is -0.175. The largest absolute Gasteiger partial charge is 1.00 e. The zero-order valence-electron chi connectivity index (χ0n) is 14.6.